The first-order valence-electron chi connectivity index (χ1n) is 9.45. The van der Waals surface area contributed by atoms with Crippen LogP contribution in [-0.2, 0) is 5.41 Å². The van der Waals surface area contributed by atoms with Crippen molar-refractivity contribution >= 4 is 5.69 Å². The van der Waals surface area contributed by atoms with Gasteiger partial charge in [-0.25, -0.2) is 0 Å². The van der Waals surface area contributed by atoms with Gasteiger partial charge in [0.05, 0.1) is 19.9 Å². The Kier molecular flexibility index (Phi) is 6.04. The van der Waals surface area contributed by atoms with Crippen LogP contribution >= 0.6 is 0 Å². The molecule has 3 rings (SSSR count). The van der Waals surface area contributed by atoms with Crippen molar-refractivity contribution in [1.29, 1.82) is 0 Å². The van der Waals surface area contributed by atoms with E-state index in [4.69, 9.17) is 9.47 Å². The number of rotatable bonds is 7. The number of hydrogen-bond donors (Lipinski definition) is 1. The molecule has 140 valence electrons. The van der Waals surface area contributed by atoms with Gasteiger partial charge in [-0.3, -0.25) is 0 Å². The predicted octanol–water partition coefficient (Wildman–Crippen LogP) is 3.85. The number of nitrogens with zero attached hydrogens (tertiary/aromatic N) is 1. The number of ether oxygens (including phenoxy) is 2. The number of hydrogen-bond acceptors (Lipinski definition) is 4. The van der Waals surface area contributed by atoms with Crippen molar-refractivity contribution in [1.82, 2.24) is 5.32 Å². The van der Waals surface area contributed by atoms with Crippen LogP contribution in [0, 0.1) is 0 Å². The SMILES string of the molecule is CCNCC1(c2cccc(OC)c2)CCN(c2ccccc2OC)CC1. The molecule has 0 unspecified atom stereocenters. The van der Waals surface area contributed by atoms with Gasteiger partial charge in [0.15, 0.2) is 0 Å². The van der Waals surface area contributed by atoms with E-state index in [0.717, 1.165) is 50.5 Å². The molecule has 0 amide bonds. The monoisotopic (exact) mass is 354 g/mol. The fourth-order valence-corrected chi connectivity index (χ4v) is 3.95. The molecule has 1 aliphatic rings. The summed E-state index contributed by atoms with van der Waals surface area (Å²) in [7, 11) is 3.48. The number of nitrogens with one attached hydrogen (secondary N) is 1. The third-order valence-electron chi connectivity index (χ3n) is 5.54. The zero-order chi connectivity index (χ0) is 18.4. The first-order valence-corrected chi connectivity index (χ1v) is 9.45. The number of likely N-dealkylation sites (N-methyl/N-ethyl adjacent to an activating group) is 1. The third-order valence-corrected chi connectivity index (χ3v) is 5.54. The van der Waals surface area contributed by atoms with Gasteiger partial charge in [0.25, 0.3) is 0 Å². The first kappa shape index (κ1) is 18.6. The van der Waals surface area contributed by atoms with Gasteiger partial charge in [0.1, 0.15) is 11.5 Å². The molecule has 0 aromatic heterocycles. The van der Waals surface area contributed by atoms with Gasteiger partial charge in [-0.2, -0.15) is 0 Å². The molecule has 2 aromatic carbocycles. The molecule has 1 fully saturated rings. The molecule has 0 bridgehead atoms. The number of benzene rings is 2. The molecule has 2 aromatic rings. The number of methoxy groups -OCH3 is 2. The van der Waals surface area contributed by atoms with E-state index in [1.807, 2.05) is 18.2 Å². The molecule has 0 atom stereocenters. The Balaban J connectivity index is 1.83. The summed E-state index contributed by atoms with van der Waals surface area (Å²) >= 11 is 0. The Morgan fingerprint density at radius 1 is 1.00 bits per heavy atom. The summed E-state index contributed by atoms with van der Waals surface area (Å²) in [5.41, 5.74) is 2.71. The fraction of sp³-hybridized carbons (Fsp3) is 0.455. The van der Waals surface area contributed by atoms with Crippen LogP contribution in [0.5, 0.6) is 11.5 Å². The van der Waals surface area contributed by atoms with Crippen LogP contribution in [0.15, 0.2) is 48.5 Å². The summed E-state index contributed by atoms with van der Waals surface area (Å²) in [6, 6.07) is 16.9. The maximum absolute atomic E-state index is 5.56. The third kappa shape index (κ3) is 3.80. The normalized spacial score (nSPS) is 16.3. The van der Waals surface area contributed by atoms with Crippen molar-refractivity contribution in [2.24, 2.45) is 0 Å². The highest BCUT2D eigenvalue weighted by Gasteiger charge is 2.36. The van der Waals surface area contributed by atoms with Gasteiger partial charge < -0.3 is 19.7 Å². The van der Waals surface area contributed by atoms with Crippen LogP contribution < -0.4 is 19.7 Å². The minimum absolute atomic E-state index is 0.142. The summed E-state index contributed by atoms with van der Waals surface area (Å²) in [6.07, 6.45) is 2.20. The molecule has 26 heavy (non-hydrogen) atoms. The Morgan fingerprint density at radius 3 is 2.46 bits per heavy atom. The lowest BCUT2D eigenvalue weighted by Gasteiger charge is -2.43. The van der Waals surface area contributed by atoms with Crippen LogP contribution in [0.3, 0.4) is 0 Å². The summed E-state index contributed by atoms with van der Waals surface area (Å²) in [5, 5.41) is 3.59. The van der Waals surface area contributed by atoms with Gasteiger partial charge in [-0.05, 0) is 49.2 Å². The minimum atomic E-state index is 0.142. The maximum Gasteiger partial charge on any atom is 0.142 e. The van der Waals surface area contributed by atoms with Crippen LogP contribution in [0.1, 0.15) is 25.3 Å². The van der Waals surface area contributed by atoms with E-state index in [9.17, 15) is 0 Å². The summed E-state index contributed by atoms with van der Waals surface area (Å²) in [6.45, 7) is 6.19. The Bertz CT molecular complexity index is 709. The van der Waals surface area contributed by atoms with Crippen LogP contribution in [0.4, 0.5) is 5.69 Å². The van der Waals surface area contributed by atoms with Crippen LogP contribution in [-0.4, -0.2) is 40.4 Å². The van der Waals surface area contributed by atoms with Crippen molar-refractivity contribution in [3.63, 3.8) is 0 Å². The zero-order valence-electron chi connectivity index (χ0n) is 16.1. The van der Waals surface area contributed by atoms with Crippen molar-refractivity contribution < 1.29 is 9.47 Å². The standard InChI is InChI=1S/C22H30N2O2/c1-4-23-17-22(18-8-7-9-19(16-18)25-2)12-14-24(15-13-22)20-10-5-6-11-21(20)26-3/h5-11,16,23H,4,12-15,17H2,1-3H3. The molecule has 4 heteroatoms. The van der Waals surface area contributed by atoms with Crippen molar-refractivity contribution in [2.75, 3.05) is 45.3 Å². The minimum Gasteiger partial charge on any atom is -0.497 e. The van der Waals surface area contributed by atoms with Crippen LogP contribution in [0.25, 0.3) is 0 Å². The summed E-state index contributed by atoms with van der Waals surface area (Å²) in [5.74, 6) is 1.89. The lowest BCUT2D eigenvalue weighted by molar-refractivity contribution is 0.313. The average Bonchev–Trinajstić information content (AvgIpc) is 2.72. The largest absolute Gasteiger partial charge is 0.497 e. The van der Waals surface area contributed by atoms with Crippen molar-refractivity contribution in [3.05, 3.63) is 54.1 Å². The molecule has 0 saturated carbocycles. The summed E-state index contributed by atoms with van der Waals surface area (Å²) < 4.78 is 11.0. The second kappa shape index (κ2) is 8.45. The summed E-state index contributed by atoms with van der Waals surface area (Å²) in [4.78, 5) is 2.45. The second-order valence-electron chi connectivity index (χ2n) is 6.95. The number of anilines is 1. The molecule has 0 radical (unpaired) electrons. The number of piperidine rings is 1. The van der Waals surface area contributed by atoms with Crippen LogP contribution in [0.2, 0.25) is 0 Å². The quantitative estimate of drug-likeness (QED) is 0.819. The molecule has 1 N–H and O–H groups in total. The first-order chi connectivity index (χ1) is 12.7. The smallest absolute Gasteiger partial charge is 0.142 e. The second-order valence-corrected chi connectivity index (χ2v) is 6.95. The predicted molar refractivity (Wildman–Crippen MR) is 108 cm³/mol. The zero-order valence-corrected chi connectivity index (χ0v) is 16.1. The Morgan fingerprint density at radius 2 is 1.77 bits per heavy atom. The van der Waals surface area contributed by atoms with E-state index in [1.165, 1.54) is 11.3 Å². The van der Waals surface area contributed by atoms with Gasteiger partial charge >= 0.3 is 0 Å². The van der Waals surface area contributed by atoms with E-state index in [2.05, 4.69) is 47.5 Å². The maximum atomic E-state index is 5.56. The van der Waals surface area contributed by atoms with Crippen molar-refractivity contribution in [3.8, 4) is 11.5 Å². The van der Waals surface area contributed by atoms with E-state index >= 15 is 0 Å². The van der Waals surface area contributed by atoms with Gasteiger partial charge in [0.2, 0.25) is 0 Å². The van der Waals surface area contributed by atoms with E-state index in [0.29, 0.717) is 0 Å². The number of para-hydroxylation sites is 2. The molecular weight excluding hydrogens is 324 g/mol. The van der Waals surface area contributed by atoms with Gasteiger partial charge in [-0.1, -0.05) is 31.2 Å². The highest BCUT2D eigenvalue weighted by atomic mass is 16.5. The molecule has 0 spiro atoms. The molecule has 1 aliphatic heterocycles. The molecule has 1 heterocycles. The molecular formula is C22H30N2O2. The molecule has 1 saturated heterocycles. The van der Waals surface area contributed by atoms with Gasteiger partial charge in [0, 0.05) is 25.0 Å². The molecule has 4 nitrogen and oxygen atoms in total. The lowest BCUT2D eigenvalue weighted by Crippen LogP contribution is -2.48. The highest BCUT2D eigenvalue weighted by molar-refractivity contribution is 5.59. The van der Waals surface area contributed by atoms with Gasteiger partial charge in [-0.15, -0.1) is 0 Å². The van der Waals surface area contributed by atoms with E-state index in [-0.39, 0.29) is 5.41 Å². The fourth-order valence-electron chi connectivity index (χ4n) is 3.95. The van der Waals surface area contributed by atoms with E-state index < -0.39 is 0 Å². The average molecular weight is 354 g/mol. The van der Waals surface area contributed by atoms with Crippen molar-refractivity contribution in [2.45, 2.75) is 25.2 Å². The van der Waals surface area contributed by atoms with E-state index in [1.54, 1.807) is 14.2 Å². The Labute approximate surface area is 157 Å². The lowest BCUT2D eigenvalue weighted by atomic mass is 9.72. The molecule has 0 aliphatic carbocycles. The Hall–Kier alpha value is -2.20. The highest BCUT2D eigenvalue weighted by Crippen LogP contribution is 2.39. The topological polar surface area (TPSA) is 33.7 Å².